The molecule has 0 radical (unpaired) electrons. The molecule has 1 aliphatic heterocycles. The molecule has 2 heterocycles. The van der Waals surface area contributed by atoms with Crippen LogP contribution in [0, 0.1) is 5.41 Å². The zero-order valence-corrected chi connectivity index (χ0v) is 19.9. The van der Waals surface area contributed by atoms with E-state index in [1.165, 1.54) is 16.8 Å². The van der Waals surface area contributed by atoms with E-state index in [0.29, 0.717) is 17.9 Å². The molecule has 1 saturated heterocycles. The van der Waals surface area contributed by atoms with Crippen molar-refractivity contribution < 1.29 is 22.8 Å². The molecule has 0 atom stereocenters. The summed E-state index contributed by atoms with van der Waals surface area (Å²) in [5.74, 6) is -1.20. The largest absolute Gasteiger partial charge is 0.435 e. The van der Waals surface area contributed by atoms with E-state index in [1.807, 2.05) is 18.7 Å². The number of nitrogens with two attached hydrogens (primary N) is 1. The number of benzene rings is 1. The molecule has 2 aliphatic rings. The topological polar surface area (TPSA) is 93.2 Å². The summed E-state index contributed by atoms with van der Waals surface area (Å²) < 4.78 is 42.8. The summed E-state index contributed by atoms with van der Waals surface area (Å²) in [5.41, 5.74) is 4.98. The minimum absolute atomic E-state index is 0.0173. The fourth-order valence-electron chi connectivity index (χ4n) is 5.16. The number of carbonyl (C=O) groups is 2. The van der Waals surface area contributed by atoms with E-state index < -0.39 is 29.0 Å². The highest BCUT2D eigenvalue weighted by atomic mass is 19.4. The molecular weight excluding hydrogens is 459 g/mol. The summed E-state index contributed by atoms with van der Waals surface area (Å²) >= 11 is 0. The van der Waals surface area contributed by atoms with E-state index in [9.17, 15) is 22.8 Å². The van der Waals surface area contributed by atoms with Crippen molar-refractivity contribution in [2.24, 2.45) is 11.1 Å². The van der Waals surface area contributed by atoms with Crippen molar-refractivity contribution in [3.05, 3.63) is 53.4 Å². The third-order valence-corrected chi connectivity index (χ3v) is 6.69. The zero-order valence-electron chi connectivity index (χ0n) is 19.9. The Morgan fingerprint density at radius 2 is 2.00 bits per heavy atom. The predicted octanol–water partition coefficient (Wildman–Crippen LogP) is 3.89. The van der Waals surface area contributed by atoms with Gasteiger partial charge < -0.3 is 16.0 Å². The second-order valence-corrected chi connectivity index (χ2v) is 10.0. The Kier molecular flexibility index (Phi) is 6.52. The van der Waals surface area contributed by atoms with E-state index >= 15 is 0 Å². The van der Waals surface area contributed by atoms with Crippen LogP contribution >= 0.6 is 0 Å². The van der Waals surface area contributed by atoms with Crippen molar-refractivity contribution >= 4 is 17.4 Å². The van der Waals surface area contributed by atoms with Gasteiger partial charge in [0.1, 0.15) is 0 Å². The van der Waals surface area contributed by atoms with Crippen LogP contribution < -0.4 is 16.0 Å². The molecule has 1 aromatic carbocycles. The highest BCUT2D eigenvalue weighted by Crippen LogP contribution is 2.42. The quantitative estimate of drug-likeness (QED) is 0.601. The van der Waals surface area contributed by atoms with Gasteiger partial charge in [-0.2, -0.15) is 18.3 Å². The van der Waals surface area contributed by atoms with Crippen LogP contribution in [0.4, 0.5) is 18.9 Å². The van der Waals surface area contributed by atoms with E-state index in [2.05, 4.69) is 17.0 Å². The summed E-state index contributed by atoms with van der Waals surface area (Å²) in [6.45, 7) is 9.59. The molecule has 4 rings (SSSR count). The number of hydrogen-bond donors (Lipinski definition) is 2. The average Bonchev–Trinajstić information content (AvgIpc) is 3.16. The Labute approximate surface area is 202 Å². The number of ketones is 1. The second-order valence-electron chi connectivity index (χ2n) is 10.0. The molecule has 2 aromatic rings. The first-order valence-corrected chi connectivity index (χ1v) is 11.7. The molecule has 0 spiro atoms. The summed E-state index contributed by atoms with van der Waals surface area (Å²) in [5, 5.41) is 7.19. The fraction of sp³-hybridized carbons (Fsp3) is 0.480. The highest BCUT2D eigenvalue weighted by Gasteiger charge is 2.45. The maximum atomic E-state index is 13.9. The number of fused-ring (bicyclic) bond motifs is 1. The number of aromatic nitrogens is 2. The maximum absolute atomic E-state index is 13.9. The van der Waals surface area contributed by atoms with E-state index in [0.717, 1.165) is 25.9 Å². The number of anilines is 1. The van der Waals surface area contributed by atoms with Gasteiger partial charge in [0.2, 0.25) is 0 Å². The Morgan fingerprint density at radius 3 is 2.60 bits per heavy atom. The van der Waals surface area contributed by atoms with E-state index in [-0.39, 0.29) is 35.7 Å². The minimum Gasteiger partial charge on any atom is -0.366 e. The molecule has 0 unspecified atom stereocenters. The third kappa shape index (κ3) is 4.84. The van der Waals surface area contributed by atoms with Gasteiger partial charge in [0.15, 0.2) is 11.5 Å². The maximum Gasteiger partial charge on any atom is 0.435 e. The number of rotatable bonds is 6. The van der Waals surface area contributed by atoms with Gasteiger partial charge in [0.05, 0.1) is 28.2 Å². The number of nitrogens with one attached hydrogen (secondary N) is 1. The number of piperidine rings is 1. The molecule has 1 aliphatic carbocycles. The van der Waals surface area contributed by atoms with Gasteiger partial charge in [-0.25, -0.2) is 4.68 Å². The van der Waals surface area contributed by atoms with Crippen LogP contribution in [0.1, 0.15) is 65.2 Å². The normalized spacial score (nSPS) is 18.3. The summed E-state index contributed by atoms with van der Waals surface area (Å²) in [6, 6.07) is 4.78. The van der Waals surface area contributed by atoms with E-state index in [4.69, 9.17) is 5.73 Å². The lowest BCUT2D eigenvalue weighted by Crippen LogP contribution is -2.44. The molecule has 3 N–H and O–H groups in total. The molecule has 1 amide bonds. The number of hydrogen-bond acceptors (Lipinski definition) is 5. The molecule has 1 aromatic heterocycles. The number of carbonyl (C=O) groups excluding carboxylic acids is 2. The van der Waals surface area contributed by atoms with Gasteiger partial charge in [-0.1, -0.05) is 19.9 Å². The van der Waals surface area contributed by atoms with E-state index in [1.54, 1.807) is 12.1 Å². The number of alkyl halides is 3. The molecule has 0 saturated carbocycles. The smallest absolute Gasteiger partial charge is 0.366 e. The molecule has 0 bridgehead atoms. The number of primary amides is 1. The van der Waals surface area contributed by atoms with Gasteiger partial charge in [0, 0.05) is 19.0 Å². The van der Waals surface area contributed by atoms with Crippen molar-refractivity contribution in [3.63, 3.8) is 0 Å². The Balaban J connectivity index is 1.91. The van der Waals surface area contributed by atoms with Gasteiger partial charge >= 0.3 is 6.18 Å². The number of amides is 1. The first-order chi connectivity index (χ1) is 16.4. The molecule has 35 heavy (non-hydrogen) atoms. The van der Waals surface area contributed by atoms with Crippen LogP contribution in [-0.4, -0.2) is 47.1 Å². The first kappa shape index (κ1) is 25.0. The summed E-state index contributed by atoms with van der Waals surface area (Å²) in [7, 11) is 0. The van der Waals surface area contributed by atoms with Gasteiger partial charge in [-0.15, -0.1) is 6.58 Å². The predicted molar refractivity (Wildman–Crippen MR) is 127 cm³/mol. The van der Waals surface area contributed by atoms with Crippen molar-refractivity contribution in [1.82, 2.24) is 15.1 Å². The summed E-state index contributed by atoms with van der Waals surface area (Å²) in [4.78, 5) is 27.1. The average molecular weight is 490 g/mol. The Bertz CT molecular complexity index is 1160. The molecule has 10 heteroatoms. The van der Waals surface area contributed by atoms with Crippen LogP contribution in [-0.2, 0) is 12.6 Å². The number of nitrogens with zero attached hydrogens (tertiary/aromatic N) is 3. The lowest BCUT2D eigenvalue weighted by molar-refractivity contribution is -0.141. The van der Waals surface area contributed by atoms with Crippen molar-refractivity contribution in [3.8, 4) is 5.69 Å². The van der Waals surface area contributed by atoms with Crippen LogP contribution in [0.25, 0.3) is 5.69 Å². The minimum atomic E-state index is -4.77. The van der Waals surface area contributed by atoms with Crippen molar-refractivity contribution in [1.29, 1.82) is 0 Å². The number of Topliss-reactive ketones (excluding diaryl/α,β-unsaturated/α-hetero) is 1. The van der Waals surface area contributed by atoms with Crippen LogP contribution in [0.2, 0.25) is 0 Å². The SMILES string of the molecule is C=CCN(c1cc(-n2nc(C(F)(F)F)c3c2CC(C)(C)CC3=O)ccc1C(N)=O)C1CCNCC1. The lowest BCUT2D eigenvalue weighted by atomic mass is 9.75. The molecule has 1 fully saturated rings. The van der Waals surface area contributed by atoms with Crippen LogP contribution in [0.15, 0.2) is 30.9 Å². The first-order valence-electron chi connectivity index (χ1n) is 11.7. The van der Waals surface area contributed by atoms with Crippen molar-refractivity contribution in [2.75, 3.05) is 24.5 Å². The molecule has 7 nitrogen and oxygen atoms in total. The van der Waals surface area contributed by atoms with Gasteiger partial charge in [-0.3, -0.25) is 9.59 Å². The highest BCUT2D eigenvalue weighted by molar-refractivity contribution is 6.01. The fourth-order valence-corrected chi connectivity index (χ4v) is 5.16. The van der Waals surface area contributed by atoms with Crippen LogP contribution in [0.3, 0.4) is 0 Å². The third-order valence-electron chi connectivity index (χ3n) is 6.69. The Morgan fingerprint density at radius 1 is 1.31 bits per heavy atom. The van der Waals surface area contributed by atoms with Gasteiger partial charge in [-0.05, 0) is 56.0 Å². The monoisotopic (exact) mass is 489 g/mol. The van der Waals surface area contributed by atoms with Crippen molar-refractivity contribution in [2.45, 2.75) is 51.7 Å². The molecular formula is C25H30F3N5O2. The zero-order chi connectivity index (χ0) is 25.5. The number of halogens is 3. The lowest BCUT2D eigenvalue weighted by Gasteiger charge is -2.37. The standard InChI is InChI=1S/C25H30F3N5O2/c1-4-11-32(15-7-9-30-10-8-15)18-12-16(5-6-17(18)23(29)35)33-19-13-24(2,3)14-20(34)21(19)22(31-33)25(26,27)28/h4-6,12,15,30H,1,7-11,13-14H2,2-3H3,(H2,29,35). The Hall–Kier alpha value is -3.14. The van der Waals surface area contributed by atoms with Gasteiger partial charge in [0.25, 0.3) is 5.91 Å². The molecule has 188 valence electrons. The van der Waals surface area contributed by atoms with Crippen LogP contribution in [0.5, 0.6) is 0 Å². The summed E-state index contributed by atoms with van der Waals surface area (Å²) in [6.07, 6.45) is -1.12. The second kappa shape index (κ2) is 9.14.